The van der Waals surface area contributed by atoms with E-state index in [9.17, 15) is 9.50 Å². The third kappa shape index (κ3) is 3.45. The van der Waals surface area contributed by atoms with E-state index in [1.54, 1.807) is 6.07 Å². The van der Waals surface area contributed by atoms with Gasteiger partial charge in [-0.25, -0.2) is 4.39 Å². The van der Waals surface area contributed by atoms with Crippen molar-refractivity contribution in [3.63, 3.8) is 0 Å². The van der Waals surface area contributed by atoms with Crippen molar-refractivity contribution in [2.45, 2.75) is 44.2 Å². The molecule has 4 heteroatoms. The Morgan fingerprint density at radius 1 is 1.42 bits per heavy atom. The van der Waals surface area contributed by atoms with Crippen molar-refractivity contribution in [3.8, 4) is 5.75 Å². The third-order valence-electron chi connectivity index (χ3n) is 3.90. The molecule has 1 saturated carbocycles. The highest BCUT2D eigenvalue weighted by Gasteiger charge is 2.32. The third-order valence-corrected chi connectivity index (χ3v) is 3.90. The van der Waals surface area contributed by atoms with Gasteiger partial charge < -0.3 is 15.2 Å². The SMILES string of the molecule is CNC(C)c1cc(F)ccc1OCC1(O)CCCC1. The molecule has 0 bridgehead atoms. The Morgan fingerprint density at radius 3 is 2.74 bits per heavy atom. The smallest absolute Gasteiger partial charge is 0.124 e. The van der Waals surface area contributed by atoms with Crippen molar-refractivity contribution in [2.24, 2.45) is 0 Å². The Morgan fingerprint density at radius 2 is 2.11 bits per heavy atom. The predicted molar refractivity (Wildman–Crippen MR) is 72.8 cm³/mol. The van der Waals surface area contributed by atoms with E-state index in [1.165, 1.54) is 12.1 Å². The molecule has 3 nitrogen and oxygen atoms in total. The molecule has 1 aromatic rings. The van der Waals surface area contributed by atoms with E-state index in [-0.39, 0.29) is 18.5 Å². The van der Waals surface area contributed by atoms with Gasteiger partial charge in [0, 0.05) is 11.6 Å². The first-order chi connectivity index (χ1) is 9.04. The number of hydrogen-bond donors (Lipinski definition) is 2. The minimum atomic E-state index is -0.714. The molecule has 0 amide bonds. The quantitative estimate of drug-likeness (QED) is 0.862. The van der Waals surface area contributed by atoms with Crippen molar-refractivity contribution in [1.29, 1.82) is 0 Å². The van der Waals surface area contributed by atoms with E-state index < -0.39 is 5.60 Å². The maximum absolute atomic E-state index is 13.3. The van der Waals surface area contributed by atoms with Gasteiger partial charge in [-0.2, -0.15) is 0 Å². The molecule has 106 valence electrons. The fourth-order valence-electron chi connectivity index (χ4n) is 2.53. The first-order valence-electron chi connectivity index (χ1n) is 6.86. The summed E-state index contributed by atoms with van der Waals surface area (Å²) in [6.07, 6.45) is 3.66. The van der Waals surface area contributed by atoms with Gasteiger partial charge in [0.25, 0.3) is 0 Å². The number of hydrogen-bond acceptors (Lipinski definition) is 3. The molecule has 2 rings (SSSR count). The molecule has 1 atom stereocenters. The van der Waals surface area contributed by atoms with E-state index >= 15 is 0 Å². The van der Waals surface area contributed by atoms with Gasteiger partial charge in [0.05, 0.1) is 5.60 Å². The molecule has 0 saturated heterocycles. The lowest BCUT2D eigenvalue weighted by Gasteiger charge is -2.24. The molecule has 1 fully saturated rings. The van der Waals surface area contributed by atoms with Crippen LogP contribution in [0.25, 0.3) is 0 Å². The maximum atomic E-state index is 13.3. The van der Waals surface area contributed by atoms with Crippen LogP contribution in [0.3, 0.4) is 0 Å². The summed E-state index contributed by atoms with van der Waals surface area (Å²) in [6, 6.07) is 4.51. The molecule has 0 radical (unpaired) electrons. The van der Waals surface area contributed by atoms with Gasteiger partial charge in [-0.3, -0.25) is 0 Å². The highest BCUT2D eigenvalue weighted by molar-refractivity contribution is 5.36. The summed E-state index contributed by atoms with van der Waals surface area (Å²) >= 11 is 0. The van der Waals surface area contributed by atoms with Gasteiger partial charge in [0.2, 0.25) is 0 Å². The van der Waals surface area contributed by atoms with Gasteiger partial charge >= 0.3 is 0 Å². The lowest BCUT2D eigenvalue weighted by atomic mass is 10.0. The highest BCUT2D eigenvalue weighted by atomic mass is 19.1. The average Bonchev–Trinajstić information content (AvgIpc) is 2.83. The fraction of sp³-hybridized carbons (Fsp3) is 0.600. The minimum absolute atomic E-state index is 0.00363. The molecular weight excluding hydrogens is 245 g/mol. The van der Waals surface area contributed by atoms with Gasteiger partial charge in [-0.15, -0.1) is 0 Å². The molecular formula is C15H22FNO2. The van der Waals surface area contributed by atoms with E-state index in [0.717, 1.165) is 31.2 Å². The van der Waals surface area contributed by atoms with Crippen molar-refractivity contribution in [1.82, 2.24) is 5.32 Å². The molecule has 0 heterocycles. The van der Waals surface area contributed by atoms with Gasteiger partial charge in [0.1, 0.15) is 18.2 Å². The van der Waals surface area contributed by atoms with Crippen LogP contribution in [-0.4, -0.2) is 24.4 Å². The van der Waals surface area contributed by atoms with Gasteiger partial charge in [-0.1, -0.05) is 12.8 Å². The molecule has 1 aromatic carbocycles. The first kappa shape index (κ1) is 14.3. The van der Waals surface area contributed by atoms with Crippen LogP contribution in [0.4, 0.5) is 4.39 Å². The molecule has 1 aliphatic carbocycles. The summed E-state index contributed by atoms with van der Waals surface area (Å²) in [5, 5.41) is 13.4. The van der Waals surface area contributed by atoms with E-state index in [4.69, 9.17) is 4.74 Å². The second-order valence-corrected chi connectivity index (χ2v) is 5.41. The van der Waals surface area contributed by atoms with Crippen LogP contribution in [0.5, 0.6) is 5.75 Å². The van der Waals surface area contributed by atoms with E-state index in [1.807, 2.05) is 14.0 Å². The average molecular weight is 267 g/mol. The molecule has 0 aliphatic heterocycles. The second-order valence-electron chi connectivity index (χ2n) is 5.41. The summed E-state index contributed by atoms with van der Waals surface area (Å²) in [6.45, 7) is 2.23. The Bertz CT molecular complexity index is 430. The number of nitrogens with one attached hydrogen (secondary N) is 1. The molecule has 1 unspecified atom stereocenters. The van der Waals surface area contributed by atoms with Gasteiger partial charge in [0.15, 0.2) is 0 Å². The summed E-state index contributed by atoms with van der Waals surface area (Å²) in [7, 11) is 1.82. The Kier molecular flexibility index (Phi) is 4.42. The summed E-state index contributed by atoms with van der Waals surface area (Å²) < 4.78 is 19.1. The normalized spacial score (nSPS) is 19.4. The Balaban J connectivity index is 2.10. The predicted octanol–water partition coefficient (Wildman–Crippen LogP) is 2.79. The lowest BCUT2D eigenvalue weighted by molar-refractivity contribution is 0.000999. The molecule has 2 N–H and O–H groups in total. The number of aliphatic hydroxyl groups is 1. The summed E-state index contributed by atoms with van der Waals surface area (Å²) in [5.41, 5.74) is 0.0678. The fourth-order valence-corrected chi connectivity index (χ4v) is 2.53. The van der Waals surface area contributed by atoms with Crippen LogP contribution in [0.15, 0.2) is 18.2 Å². The zero-order valence-corrected chi connectivity index (χ0v) is 11.6. The van der Waals surface area contributed by atoms with E-state index in [2.05, 4.69) is 5.32 Å². The number of halogens is 1. The second kappa shape index (κ2) is 5.88. The van der Waals surface area contributed by atoms with Crippen molar-refractivity contribution in [2.75, 3.05) is 13.7 Å². The number of rotatable bonds is 5. The molecule has 19 heavy (non-hydrogen) atoms. The van der Waals surface area contributed by atoms with Crippen LogP contribution < -0.4 is 10.1 Å². The van der Waals surface area contributed by atoms with Crippen molar-refractivity contribution >= 4 is 0 Å². The largest absolute Gasteiger partial charge is 0.490 e. The molecule has 0 aromatic heterocycles. The number of ether oxygens (including phenoxy) is 1. The lowest BCUT2D eigenvalue weighted by Crippen LogP contribution is -2.32. The topological polar surface area (TPSA) is 41.5 Å². The number of benzene rings is 1. The van der Waals surface area contributed by atoms with Crippen molar-refractivity contribution < 1.29 is 14.2 Å². The Hall–Kier alpha value is -1.13. The zero-order chi connectivity index (χ0) is 13.9. The van der Waals surface area contributed by atoms with Crippen LogP contribution in [0, 0.1) is 5.82 Å². The van der Waals surface area contributed by atoms with E-state index in [0.29, 0.717) is 5.75 Å². The van der Waals surface area contributed by atoms with Crippen LogP contribution in [0.2, 0.25) is 0 Å². The first-order valence-corrected chi connectivity index (χ1v) is 6.86. The Labute approximate surface area is 113 Å². The van der Waals surface area contributed by atoms with Crippen LogP contribution >= 0.6 is 0 Å². The maximum Gasteiger partial charge on any atom is 0.124 e. The van der Waals surface area contributed by atoms with Crippen molar-refractivity contribution in [3.05, 3.63) is 29.6 Å². The molecule has 1 aliphatic rings. The standard InChI is InChI=1S/C15H22FNO2/c1-11(17-2)13-9-12(16)5-6-14(13)19-10-15(18)7-3-4-8-15/h5-6,9,11,17-18H,3-4,7-8,10H2,1-2H3. The van der Waals surface area contributed by atoms with Crippen LogP contribution in [-0.2, 0) is 0 Å². The minimum Gasteiger partial charge on any atom is -0.490 e. The van der Waals surface area contributed by atoms with Gasteiger partial charge in [-0.05, 0) is 45.0 Å². The zero-order valence-electron chi connectivity index (χ0n) is 11.6. The van der Waals surface area contributed by atoms with Crippen LogP contribution in [0.1, 0.15) is 44.2 Å². The monoisotopic (exact) mass is 267 g/mol. The highest BCUT2D eigenvalue weighted by Crippen LogP contribution is 2.32. The summed E-state index contributed by atoms with van der Waals surface area (Å²) in [5.74, 6) is 0.368. The molecule has 0 spiro atoms. The summed E-state index contributed by atoms with van der Waals surface area (Å²) in [4.78, 5) is 0.